The summed E-state index contributed by atoms with van der Waals surface area (Å²) in [5.74, 6) is -0.772. The third kappa shape index (κ3) is 8.57. The van der Waals surface area contributed by atoms with Gasteiger partial charge in [-0.05, 0) is 61.2 Å². The monoisotopic (exact) mass is 712 g/mol. The minimum atomic E-state index is -1.25. The first kappa shape index (κ1) is 36.0. The third-order valence-electron chi connectivity index (χ3n) is 8.92. The second kappa shape index (κ2) is 16.5. The van der Waals surface area contributed by atoms with Gasteiger partial charge in [0.05, 0.1) is 31.9 Å². The lowest BCUT2D eigenvalue weighted by Crippen LogP contribution is -2.55. The Morgan fingerprint density at radius 3 is 2.75 bits per heavy atom. The van der Waals surface area contributed by atoms with E-state index in [-0.39, 0.29) is 56.4 Å². The Bertz CT molecular complexity index is 2040. The minimum absolute atomic E-state index is 0.0505. The fraction of sp³-hybridized carbons (Fsp3) is 0.342. The Morgan fingerprint density at radius 1 is 1.13 bits per heavy atom. The number of aromatic nitrogens is 3. The highest BCUT2D eigenvalue weighted by atomic mass is 19.1. The molecule has 2 bridgehead atoms. The molecule has 6 rings (SSSR count). The number of H-pyrrole nitrogens is 1. The van der Waals surface area contributed by atoms with Crippen molar-refractivity contribution < 1.29 is 37.9 Å². The zero-order valence-electron chi connectivity index (χ0n) is 29.0. The van der Waals surface area contributed by atoms with Crippen LogP contribution >= 0.6 is 0 Å². The van der Waals surface area contributed by atoms with Gasteiger partial charge in [-0.1, -0.05) is 41.6 Å². The van der Waals surface area contributed by atoms with Gasteiger partial charge in [0.1, 0.15) is 11.9 Å². The fourth-order valence-electron chi connectivity index (χ4n) is 6.27. The number of hydrogen-bond acceptors (Lipinski definition) is 9. The number of para-hydroxylation sites is 1. The number of methoxy groups -OCH3 is 1. The summed E-state index contributed by atoms with van der Waals surface area (Å²) < 4.78 is 31.2. The van der Waals surface area contributed by atoms with Crippen molar-refractivity contribution in [3.05, 3.63) is 95.3 Å². The predicted molar refractivity (Wildman–Crippen MR) is 189 cm³/mol. The molecule has 1 aliphatic heterocycles. The average Bonchev–Trinajstić information content (AvgIpc) is 3.75. The lowest BCUT2D eigenvalue weighted by molar-refractivity contribution is -0.137. The standard InChI is InChI=1S/C38H41FN6O7/c1-23(46)36-38(49)40-17-16-26-25-8-4-6-11-29(25)41-30(26)20-24-12-13-31(50-2)32(21-24)51-19-7-18-45(22-33(47)42-36)35(48)15-14-34-43-37(44-52-34)27-9-3-5-10-28(27)39/h3-6,8-13,21,23,36,41,46H,7,14-20,22H2,1-2H3,(H,40,49)(H,42,47)/t23-,36+/m1/s1. The van der Waals surface area contributed by atoms with Gasteiger partial charge in [-0.2, -0.15) is 4.98 Å². The molecule has 0 unspecified atom stereocenters. The van der Waals surface area contributed by atoms with E-state index in [0.29, 0.717) is 30.8 Å². The van der Waals surface area contributed by atoms with E-state index in [1.807, 2.05) is 42.5 Å². The quantitative estimate of drug-likeness (QED) is 0.205. The number of fused-ring (bicyclic) bond motifs is 5. The van der Waals surface area contributed by atoms with Crippen molar-refractivity contribution in [2.75, 3.05) is 33.4 Å². The molecule has 3 heterocycles. The predicted octanol–water partition coefficient (Wildman–Crippen LogP) is 3.72. The van der Waals surface area contributed by atoms with E-state index in [4.69, 9.17) is 14.0 Å². The van der Waals surface area contributed by atoms with E-state index in [1.54, 1.807) is 19.2 Å². The molecule has 5 aromatic rings. The number of amides is 3. The number of nitrogens with zero attached hydrogens (tertiary/aromatic N) is 3. The Kier molecular flexibility index (Phi) is 11.4. The maximum absolute atomic E-state index is 14.2. The van der Waals surface area contributed by atoms with Gasteiger partial charge in [0.15, 0.2) is 11.5 Å². The highest BCUT2D eigenvalue weighted by Crippen LogP contribution is 2.31. The molecule has 2 atom stereocenters. The molecule has 2 aromatic heterocycles. The van der Waals surface area contributed by atoms with Crippen molar-refractivity contribution >= 4 is 28.6 Å². The van der Waals surface area contributed by atoms with Crippen LogP contribution in [-0.2, 0) is 33.6 Å². The number of halogens is 1. The van der Waals surface area contributed by atoms with Crippen molar-refractivity contribution in [2.45, 2.75) is 51.2 Å². The molecule has 0 spiro atoms. The van der Waals surface area contributed by atoms with Gasteiger partial charge in [0, 0.05) is 48.9 Å². The van der Waals surface area contributed by atoms with Crippen LogP contribution in [0.1, 0.15) is 42.5 Å². The van der Waals surface area contributed by atoms with Gasteiger partial charge in [0.2, 0.25) is 29.4 Å². The molecule has 0 saturated heterocycles. The Hall–Kier alpha value is -5.76. The van der Waals surface area contributed by atoms with Crippen LogP contribution in [0.4, 0.5) is 4.39 Å². The minimum Gasteiger partial charge on any atom is -0.493 e. The molecule has 3 aromatic carbocycles. The molecule has 3 amide bonds. The summed E-state index contributed by atoms with van der Waals surface area (Å²) >= 11 is 0. The Labute approximate surface area is 299 Å². The average molecular weight is 713 g/mol. The van der Waals surface area contributed by atoms with Crippen molar-refractivity contribution in [1.82, 2.24) is 30.7 Å². The van der Waals surface area contributed by atoms with Crippen LogP contribution in [0.2, 0.25) is 0 Å². The van der Waals surface area contributed by atoms with Gasteiger partial charge in [-0.3, -0.25) is 14.4 Å². The second-order valence-electron chi connectivity index (χ2n) is 12.6. The molecule has 1 aliphatic rings. The zero-order chi connectivity index (χ0) is 36.6. The van der Waals surface area contributed by atoms with Crippen LogP contribution in [0.25, 0.3) is 22.3 Å². The molecule has 0 fully saturated rings. The lowest BCUT2D eigenvalue weighted by atomic mass is 10.0. The highest BCUT2D eigenvalue weighted by molar-refractivity contribution is 5.90. The van der Waals surface area contributed by atoms with Crippen LogP contribution in [-0.4, -0.2) is 88.3 Å². The van der Waals surface area contributed by atoms with E-state index in [2.05, 4.69) is 25.8 Å². The summed E-state index contributed by atoms with van der Waals surface area (Å²) in [4.78, 5) is 49.2. The van der Waals surface area contributed by atoms with Gasteiger partial charge < -0.3 is 39.6 Å². The number of ether oxygens (including phenoxy) is 2. The van der Waals surface area contributed by atoms with E-state index < -0.39 is 35.7 Å². The molecule has 0 saturated carbocycles. The number of hydrogen-bond donors (Lipinski definition) is 4. The molecule has 52 heavy (non-hydrogen) atoms. The first-order valence-electron chi connectivity index (χ1n) is 17.2. The zero-order valence-corrected chi connectivity index (χ0v) is 29.0. The van der Waals surface area contributed by atoms with Crippen LogP contribution < -0.4 is 20.1 Å². The summed E-state index contributed by atoms with van der Waals surface area (Å²) in [5.41, 5.74) is 4.16. The summed E-state index contributed by atoms with van der Waals surface area (Å²) in [5, 5.41) is 20.8. The number of nitrogens with one attached hydrogen (secondary N) is 3. The van der Waals surface area contributed by atoms with Crippen molar-refractivity contribution in [3.63, 3.8) is 0 Å². The van der Waals surface area contributed by atoms with Gasteiger partial charge in [-0.15, -0.1) is 0 Å². The molecule has 14 heteroatoms. The maximum Gasteiger partial charge on any atom is 0.245 e. The Morgan fingerprint density at radius 2 is 1.94 bits per heavy atom. The third-order valence-corrected chi connectivity index (χ3v) is 8.92. The fourth-order valence-corrected chi connectivity index (χ4v) is 6.27. The molecule has 13 nitrogen and oxygen atoms in total. The summed E-state index contributed by atoms with van der Waals surface area (Å²) in [7, 11) is 1.57. The number of aliphatic hydroxyl groups excluding tert-OH is 1. The SMILES string of the molecule is COc1ccc2cc1OCCCN(C(=O)CCc1nc(-c3ccccc3F)no1)CC(=O)N[C@@H]([C@@H](C)O)C(=O)NCCc1c([nH]c3ccccc13)C2. The normalized spacial score (nSPS) is 16.8. The lowest BCUT2D eigenvalue weighted by Gasteiger charge is -2.25. The molecule has 272 valence electrons. The number of aryl methyl sites for hydroxylation is 1. The van der Waals surface area contributed by atoms with Gasteiger partial charge in [-0.25, -0.2) is 4.39 Å². The van der Waals surface area contributed by atoms with Gasteiger partial charge in [0.25, 0.3) is 0 Å². The number of rotatable bonds is 6. The van der Waals surface area contributed by atoms with Gasteiger partial charge >= 0.3 is 0 Å². The van der Waals surface area contributed by atoms with Crippen LogP contribution in [0, 0.1) is 5.82 Å². The summed E-state index contributed by atoms with van der Waals surface area (Å²) in [6.07, 6.45) is 0.176. The largest absolute Gasteiger partial charge is 0.493 e. The van der Waals surface area contributed by atoms with E-state index in [1.165, 1.54) is 24.0 Å². The molecular formula is C38H41FN6O7. The Balaban J connectivity index is 1.21. The first-order chi connectivity index (χ1) is 25.2. The van der Waals surface area contributed by atoms with E-state index in [0.717, 1.165) is 27.7 Å². The molecule has 0 radical (unpaired) electrons. The number of benzene rings is 3. The number of aliphatic hydroxyl groups is 1. The van der Waals surface area contributed by atoms with Crippen LogP contribution in [0.5, 0.6) is 11.5 Å². The highest BCUT2D eigenvalue weighted by Gasteiger charge is 2.28. The number of carbonyl (C=O) groups is 3. The molecule has 0 aliphatic carbocycles. The maximum atomic E-state index is 14.2. The van der Waals surface area contributed by atoms with Crippen molar-refractivity contribution in [2.24, 2.45) is 0 Å². The van der Waals surface area contributed by atoms with Crippen LogP contribution in [0.3, 0.4) is 0 Å². The van der Waals surface area contributed by atoms with Crippen molar-refractivity contribution in [1.29, 1.82) is 0 Å². The summed E-state index contributed by atoms with van der Waals surface area (Å²) in [6.45, 7) is 1.64. The molecular weight excluding hydrogens is 671 g/mol. The second-order valence-corrected chi connectivity index (χ2v) is 12.6. The number of aromatic amines is 1. The smallest absolute Gasteiger partial charge is 0.245 e. The first-order valence-corrected chi connectivity index (χ1v) is 17.2. The van der Waals surface area contributed by atoms with E-state index >= 15 is 0 Å². The summed E-state index contributed by atoms with van der Waals surface area (Å²) in [6, 6.07) is 18.5. The number of carbonyl (C=O) groups excluding carboxylic acids is 3. The van der Waals surface area contributed by atoms with Crippen LogP contribution in [0.15, 0.2) is 71.3 Å². The van der Waals surface area contributed by atoms with Crippen molar-refractivity contribution in [3.8, 4) is 22.9 Å². The van der Waals surface area contributed by atoms with E-state index in [9.17, 15) is 23.9 Å². The topological polar surface area (TPSA) is 172 Å². The molecule has 4 N–H and O–H groups in total.